The lowest BCUT2D eigenvalue weighted by molar-refractivity contribution is -0.140. The molecule has 0 radical (unpaired) electrons. The molecular formula is C31H41NO4. The van der Waals surface area contributed by atoms with Crippen LogP contribution in [-0.2, 0) is 14.4 Å². The monoisotopic (exact) mass is 491 g/mol. The summed E-state index contributed by atoms with van der Waals surface area (Å²) in [4.78, 5) is 16.8. The van der Waals surface area contributed by atoms with Crippen LogP contribution in [0, 0.1) is 22.7 Å². The van der Waals surface area contributed by atoms with Gasteiger partial charge in [-0.15, -0.1) is 0 Å². The van der Waals surface area contributed by atoms with E-state index in [0.717, 1.165) is 69.1 Å². The fourth-order valence-corrected chi connectivity index (χ4v) is 4.90. The normalized spacial score (nSPS) is 23.1. The van der Waals surface area contributed by atoms with Crippen molar-refractivity contribution in [1.29, 1.82) is 0 Å². The number of aliphatic hydroxyl groups is 1. The number of aliphatic hydroxyl groups excluding tert-OH is 1. The average Bonchev–Trinajstić information content (AvgIpc) is 2.87. The first kappa shape index (κ1) is 27.7. The zero-order valence-electron chi connectivity index (χ0n) is 21.9. The SMILES string of the molecule is COC(=O)CCCCO/N=C1\CCCCC1(C)/C=C/C=C/C(O)C1(CC#Cc2ccccc2)CCC1. The fraction of sp³-hybridized carbons (Fsp3) is 0.548. The van der Waals surface area contributed by atoms with Crippen LogP contribution in [0.4, 0.5) is 0 Å². The highest BCUT2D eigenvalue weighted by molar-refractivity contribution is 5.91. The molecule has 5 nitrogen and oxygen atoms in total. The van der Waals surface area contributed by atoms with Crippen molar-refractivity contribution in [3.63, 3.8) is 0 Å². The van der Waals surface area contributed by atoms with Gasteiger partial charge in [-0.05, 0) is 57.1 Å². The van der Waals surface area contributed by atoms with E-state index in [1.165, 1.54) is 7.11 Å². The van der Waals surface area contributed by atoms with E-state index in [4.69, 9.17) is 4.84 Å². The van der Waals surface area contributed by atoms with Gasteiger partial charge in [0.25, 0.3) is 0 Å². The summed E-state index contributed by atoms with van der Waals surface area (Å²) < 4.78 is 4.66. The van der Waals surface area contributed by atoms with E-state index in [1.54, 1.807) is 0 Å². The average molecular weight is 492 g/mol. The van der Waals surface area contributed by atoms with Crippen LogP contribution >= 0.6 is 0 Å². The van der Waals surface area contributed by atoms with E-state index in [-0.39, 0.29) is 16.8 Å². The maximum atomic E-state index is 11.2. The Hall–Kier alpha value is -2.84. The molecule has 0 amide bonds. The number of rotatable bonds is 11. The molecule has 2 fully saturated rings. The number of carbonyl (C=O) groups excluding carboxylic acids is 1. The molecule has 2 aliphatic carbocycles. The van der Waals surface area contributed by atoms with Crippen molar-refractivity contribution in [2.24, 2.45) is 16.0 Å². The van der Waals surface area contributed by atoms with Crippen molar-refractivity contribution in [2.45, 2.75) is 83.7 Å². The predicted octanol–water partition coefficient (Wildman–Crippen LogP) is 6.37. The standard InChI is InChI=1S/C31H41NO4/c1-30(20-9-6-17-27(30)32-36-25-11-8-19-29(34)35-2)21-10-7-18-28(33)31(23-13-24-31)22-12-16-26-14-4-3-5-15-26/h3-5,7,10,14-15,18,21,28,33H,6,8-9,11,13,17,19-20,22-25H2,1-2H3/b18-7+,21-10+,32-27+. The van der Waals surface area contributed by atoms with Gasteiger partial charge in [0, 0.05) is 29.2 Å². The van der Waals surface area contributed by atoms with E-state index >= 15 is 0 Å². The van der Waals surface area contributed by atoms with Crippen molar-refractivity contribution in [3.05, 3.63) is 60.2 Å². The number of oxime groups is 1. The third-order valence-corrected chi connectivity index (χ3v) is 7.58. The summed E-state index contributed by atoms with van der Waals surface area (Å²) in [5.41, 5.74) is 1.81. The summed E-state index contributed by atoms with van der Waals surface area (Å²) >= 11 is 0. The van der Waals surface area contributed by atoms with Crippen LogP contribution in [0.25, 0.3) is 0 Å². The van der Waals surface area contributed by atoms with Crippen molar-refractivity contribution in [1.82, 2.24) is 0 Å². The summed E-state index contributed by atoms with van der Waals surface area (Å²) in [6, 6.07) is 10.0. The number of hydrogen-bond acceptors (Lipinski definition) is 5. The van der Waals surface area contributed by atoms with Gasteiger partial charge in [0.1, 0.15) is 6.61 Å². The first-order chi connectivity index (χ1) is 17.5. The lowest BCUT2D eigenvalue weighted by Gasteiger charge is -2.43. The van der Waals surface area contributed by atoms with E-state index in [0.29, 0.717) is 19.4 Å². The number of nitrogens with zero attached hydrogens (tertiary/aromatic N) is 1. The number of esters is 1. The quantitative estimate of drug-likeness (QED) is 0.128. The molecule has 2 unspecified atom stereocenters. The van der Waals surface area contributed by atoms with Gasteiger partial charge >= 0.3 is 5.97 Å². The predicted molar refractivity (Wildman–Crippen MR) is 144 cm³/mol. The Balaban J connectivity index is 1.52. The number of methoxy groups -OCH3 is 1. The van der Waals surface area contributed by atoms with Crippen LogP contribution in [0.2, 0.25) is 0 Å². The smallest absolute Gasteiger partial charge is 0.305 e. The van der Waals surface area contributed by atoms with Gasteiger partial charge in [0.05, 0.1) is 18.9 Å². The Bertz CT molecular complexity index is 981. The topological polar surface area (TPSA) is 68.1 Å². The van der Waals surface area contributed by atoms with Gasteiger partial charge in [0.2, 0.25) is 0 Å². The molecule has 2 saturated carbocycles. The minimum atomic E-state index is -0.499. The number of unbranched alkanes of at least 4 members (excludes halogenated alkanes) is 1. The van der Waals surface area contributed by atoms with E-state index in [1.807, 2.05) is 48.6 Å². The summed E-state index contributed by atoms with van der Waals surface area (Å²) in [5, 5.41) is 15.4. The van der Waals surface area contributed by atoms with Crippen LogP contribution in [0.3, 0.4) is 0 Å². The lowest BCUT2D eigenvalue weighted by atomic mass is 9.63. The summed E-state index contributed by atoms with van der Waals surface area (Å²) in [7, 11) is 1.41. The molecule has 2 atom stereocenters. The van der Waals surface area contributed by atoms with Crippen molar-refractivity contribution < 1.29 is 19.5 Å². The molecule has 0 spiro atoms. The molecule has 0 aromatic heterocycles. The molecule has 36 heavy (non-hydrogen) atoms. The molecule has 1 aromatic carbocycles. The van der Waals surface area contributed by atoms with Crippen molar-refractivity contribution >= 4 is 11.7 Å². The molecule has 1 N–H and O–H groups in total. The van der Waals surface area contributed by atoms with Crippen LogP contribution in [0.5, 0.6) is 0 Å². The van der Waals surface area contributed by atoms with E-state index in [9.17, 15) is 9.90 Å². The number of benzene rings is 1. The highest BCUT2D eigenvalue weighted by atomic mass is 16.6. The minimum Gasteiger partial charge on any atom is -0.469 e. The third kappa shape index (κ3) is 8.10. The number of hydrogen-bond donors (Lipinski definition) is 1. The van der Waals surface area contributed by atoms with Crippen molar-refractivity contribution in [3.8, 4) is 11.8 Å². The van der Waals surface area contributed by atoms with Gasteiger partial charge in [-0.3, -0.25) is 4.79 Å². The zero-order chi connectivity index (χ0) is 25.7. The molecule has 0 heterocycles. The second-order valence-electron chi connectivity index (χ2n) is 10.3. The molecule has 5 heteroatoms. The molecular weight excluding hydrogens is 450 g/mol. The highest BCUT2D eigenvalue weighted by Gasteiger charge is 2.41. The summed E-state index contributed by atoms with van der Waals surface area (Å²) in [6.45, 7) is 2.71. The lowest BCUT2D eigenvalue weighted by Crippen LogP contribution is -2.40. The van der Waals surface area contributed by atoms with Gasteiger partial charge in [-0.2, -0.15) is 0 Å². The van der Waals surface area contributed by atoms with Crippen LogP contribution in [0.1, 0.15) is 83.1 Å². The highest BCUT2D eigenvalue weighted by Crippen LogP contribution is 2.47. The Morgan fingerprint density at radius 2 is 1.94 bits per heavy atom. The summed E-state index contributed by atoms with van der Waals surface area (Å²) in [5.74, 6) is 6.35. The fourth-order valence-electron chi connectivity index (χ4n) is 4.90. The molecule has 0 saturated heterocycles. The third-order valence-electron chi connectivity index (χ3n) is 7.58. The summed E-state index contributed by atoms with van der Waals surface area (Å²) in [6.07, 6.45) is 17.7. The van der Waals surface area contributed by atoms with Crippen LogP contribution < -0.4 is 0 Å². The first-order valence-electron chi connectivity index (χ1n) is 13.3. The Labute approximate surface area is 216 Å². The van der Waals surface area contributed by atoms with Crippen LogP contribution in [0.15, 0.2) is 59.8 Å². The van der Waals surface area contributed by atoms with Gasteiger partial charge in [-0.1, -0.05) is 79.3 Å². The molecule has 1 aromatic rings. The maximum Gasteiger partial charge on any atom is 0.305 e. The van der Waals surface area contributed by atoms with Gasteiger partial charge in [-0.25, -0.2) is 0 Å². The number of ether oxygens (including phenoxy) is 1. The molecule has 0 bridgehead atoms. The van der Waals surface area contributed by atoms with E-state index < -0.39 is 6.10 Å². The minimum absolute atomic E-state index is 0.130. The largest absolute Gasteiger partial charge is 0.469 e. The first-order valence-corrected chi connectivity index (χ1v) is 13.3. The van der Waals surface area contributed by atoms with Gasteiger partial charge in [0.15, 0.2) is 0 Å². The molecule has 194 valence electrons. The van der Waals surface area contributed by atoms with Crippen LogP contribution in [-0.4, -0.2) is 36.6 Å². The Morgan fingerprint density at radius 1 is 1.14 bits per heavy atom. The van der Waals surface area contributed by atoms with Crippen molar-refractivity contribution in [2.75, 3.05) is 13.7 Å². The number of allylic oxidation sites excluding steroid dienone is 3. The van der Waals surface area contributed by atoms with Gasteiger partial charge < -0.3 is 14.7 Å². The molecule has 2 aliphatic rings. The zero-order valence-corrected chi connectivity index (χ0v) is 21.9. The van der Waals surface area contributed by atoms with E-state index in [2.05, 4.69) is 34.7 Å². The molecule has 3 rings (SSSR count). The Kier molecular flexibility index (Phi) is 10.8. The number of carbonyl (C=O) groups is 1. The second-order valence-corrected chi connectivity index (χ2v) is 10.3. The Morgan fingerprint density at radius 3 is 2.67 bits per heavy atom. The molecule has 0 aliphatic heterocycles. The second kappa shape index (κ2) is 14.0. The maximum absolute atomic E-state index is 11.2.